The van der Waals surface area contributed by atoms with E-state index in [1.54, 1.807) is 0 Å². The molecule has 19 heavy (non-hydrogen) atoms. The van der Waals surface area contributed by atoms with Gasteiger partial charge in [0.15, 0.2) is 0 Å². The van der Waals surface area contributed by atoms with Crippen LogP contribution >= 0.6 is 0 Å². The van der Waals surface area contributed by atoms with Crippen LogP contribution in [0.25, 0.3) is 5.73 Å². The van der Waals surface area contributed by atoms with Crippen molar-refractivity contribution in [2.24, 2.45) is 5.92 Å². The maximum atomic E-state index is 9.11. The molecule has 0 aromatic carbocycles. The molecule has 1 atom stereocenters. The van der Waals surface area contributed by atoms with E-state index in [1.165, 1.54) is 23.6 Å². The third kappa shape index (κ3) is 18.6. The second kappa shape index (κ2) is 18.6. The van der Waals surface area contributed by atoms with Gasteiger partial charge in [-0.05, 0) is 6.92 Å². The molecule has 0 aliphatic heterocycles. The van der Waals surface area contributed by atoms with Crippen LogP contribution in [-0.2, 0) is 31.0 Å². The zero-order valence-electron chi connectivity index (χ0n) is 12.8. The van der Waals surface area contributed by atoms with Gasteiger partial charge in [-0.3, -0.25) is 6.08 Å². The first-order valence-electron chi connectivity index (χ1n) is 5.51. The summed E-state index contributed by atoms with van der Waals surface area (Å²) in [5, 5.41) is 0. The smallest absolute Gasteiger partial charge is 1.00 e. The van der Waals surface area contributed by atoms with Crippen molar-refractivity contribution in [3.8, 4) is 0 Å². The van der Waals surface area contributed by atoms with E-state index in [1.807, 2.05) is 0 Å². The predicted molar refractivity (Wildman–Crippen MR) is 73.8 cm³/mol. The number of amides is 1. The minimum Gasteiger partial charge on any atom is -1.00 e. The average molecular weight is 401 g/mol. The van der Waals surface area contributed by atoms with Crippen molar-refractivity contribution in [1.29, 1.82) is 0 Å². The summed E-state index contributed by atoms with van der Waals surface area (Å²) in [7, 11) is 0.750. The van der Waals surface area contributed by atoms with Crippen molar-refractivity contribution >= 4 is 15.4 Å². The molecule has 1 amide bonds. The summed E-state index contributed by atoms with van der Waals surface area (Å²) in [5.74, 6) is -0.0231. The van der Waals surface area contributed by atoms with E-state index < -0.39 is 5.91 Å². The van der Waals surface area contributed by atoms with Crippen molar-refractivity contribution in [2.45, 2.75) is 47.7 Å². The van der Waals surface area contributed by atoms with Crippen LogP contribution in [-0.4, -0.2) is 15.4 Å². The molecule has 0 saturated carbocycles. The van der Waals surface area contributed by atoms with E-state index in [0.717, 1.165) is 9.52 Å². The Balaban J connectivity index is -0.0000000572. The number of carbonyl (C=O) groups is 1. The van der Waals surface area contributed by atoms with Gasteiger partial charge >= 0.3 is 26.2 Å². The number of nitrogens with one attached hydrogen (secondary N) is 1. The van der Waals surface area contributed by atoms with E-state index in [0.29, 0.717) is 5.92 Å². The molecule has 0 bridgehead atoms. The maximum absolute atomic E-state index is 9.11. The van der Waals surface area contributed by atoms with Crippen molar-refractivity contribution < 1.29 is 55.8 Å². The third-order valence-corrected chi connectivity index (χ3v) is 2.24. The van der Waals surface area contributed by atoms with Gasteiger partial charge in [-0.25, -0.2) is 5.57 Å². The minimum atomic E-state index is -0.583. The number of carbonyl (C=O) groups excluding carboxylic acids is 1. The zero-order valence-corrected chi connectivity index (χ0v) is 17.9. The first-order chi connectivity index (χ1) is 7.27. The molecule has 0 saturated heterocycles. The van der Waals surface area contributed by atoms with Crippen LogP contribution in [0.15, 0.2) is 16.7 Å². The molecule has 1 N–H and O–H groups in total. The number of halogens is 2. The first kappa shape index (κ1) is 31.8. The third-order valence-electron chi connectivity index (χ3n) is 2.24. The van der Waals surface area contributed by atoms with E-state index in [2.05, 4.69) is 46.9 Å². The van der Waals surface area contributed by atoms with Crippen LogP contribution in [0.4, 0.5) is 0 Å². The standard InChI is InChI=1S/C9H13.C2H5NO.C2H7Si.2ClH.Zr/c1-6-5-7(2)9(4)8(6)3;1-2(3)4;1-3-2;;;/h6H,1-4H3;1H3,(H2,3,4);3H,1-2H3;2*1H;/q-1;;;;;+4/p-3. The van der Waals surface area contributed by atoms with Crippen LogP contribution in [0, 0.1) is 12.0 Å². The van der Waals surface area contributed by atoms with E-state index in [4.69, 9.17) is 10.5 Å². The molecule has 1 rings (SSSR count). The first-order valence-corrected chi connectivity index (χ1v) is 7.82. The van der Waals surface area contributed by atoms with Gasteiger partial charge in [-0.2, -0.15) is 11.1 Å². The molecule has 2 nitrogen and oxygen atoms in total. The summed E-state index contributed by atoms with van der Waals surface area (Å²) < 4.78 is 0. The molecule has 0 aromatic heterocycles. The molecule has 0 aromatic rings. The summed E-state index contributed by atoms with van der Waals surface area (Å²) in [4.78, 5) is 9.11. The summed E-state index contributed by atoms with van der Waals surface area (Å²) in [5.41, 5.74) is 10.2. The Labute approximate surface area is 152 Å². The maximum Gasteiger partial charge on any atom is 4.00 e. The summed E-state index contributed by atoms with van der Waals surface area (Å²) in [6.45, 7) is 14.3. The van der Waals surface area contributed by atoms with Crippen LogP contribution < -0.4 is 24.8 Å². The molecule has 1 aliphatic carbocycles. The molecule has 1 unspecified atom stereocenters. The Morgan fingerprint density at radius 1 is 1.21 bits per heavy atom. The fraction of sp³-hybridized carbons (Fsp3) is 0.615. The Morgan fingerprint density at radius 3 is 1.53 bits per heavy atom. The van der Waals surface area contributed by atoms with Crippen LogP contribution in [0.1, 0.15) is 34.6 Å². The fourth-order valence-corrected chi connectivity index (χ4v) is 1.16. The van der Waals surface area contributed by atoms with Gasteiger partial charge in [0.2, 0.25) is 0 Å². The van der Waals surface area contributed by atoms with Crippen LogP contribution in [0.3, 0.4) is 0 Å². The van der Waals surface area contributed by atoms with Crippen molar-refractivity contribution in [3.63, 3.8) is 0 Å². The van der Waals surface area contributed by atoms with Crippen LogP contribution in [0.5, 0.6) is 0 Å². The zero-order chi connectivity index (χ0) is 13.3. The van der Waals surface area contributed by atoms with E-state index in [-0.39, 0.29) is 51.0 Å². The summed E-state index contributed by atoms with van der Waals surface area (Å²) in [6, 6.07) is 0. The van der Waals surface area contributed by atoms with Gasteiger partial charge < -0.3 is 35.3 Å². The molecular formula is C13H24Cl2NOSiZr. The van der Waals surface area contributed by atoms with Crippen molar-refractivity contribution in [3.05, 3.63) is 28.5 Å². The van der Waals surface area contributed by atoms with Gasteiger partial charge in [-0.1, -0.05) is 39.8 Å². The van der Waals surface area contributed by atoms with Gasteiger partial charge in [0, 0.05) is 15.4 Å². The Hall–Kier alpha value is 0.630. The number of hydrogen-bond donors (Lipinski definition) is 0. The summed E-state index contributed by atoms with van der Waals surface area (Å²) in [6.07, 6.45) is 3.36. The number of rotatable bonds is 0. The monoisotopic (exact) mass is 398 g/mol. The fourth-order valence-electron chi connectivity index (χ4n) is 1.16. The normalized spacial score (nSPS) is 15.1. The molecule has 0 spiro atoms. The average Bonchev–Trinajstić information content (AvgIpc) is 2.34. The molecule has 1 aliphatic rings. The molecule has 0 heterocycles. The number of hydrogen-bond acceptors (Lipinski definition) is 1. The van der Waals surface area contributed by atoms with Crippen LogP contribution in [0.2, 0.25) is 13.1 Å². The molecule has 6 heteroatoms. The molecule has 109 valence electrons. The SMILES string of the molecule is CC([NH-])=O.CC1=[C-]C(C)C(C)=C1C.C[SiH]C.[Cl-].[Cl-].[Zr+4]. The van der Waals surface area contributed by atoms with Crippen molar-refractivity contribution in [2.75, 3.05) is 0 Å². The second-order valence-electron chi connectivity index (χ2n) is 3.93. The van der Waals surface area contributed by atoms with Gasteiger partial charge in [0.05, 0.1) is 0 Å². The quantitative estimate of drug-likeness (QED) is 0.337. The largest absolute Gasteiger partial charge is 4.00 e. The Bertz CT molecular complexity index is 290. The second-order valence-corrected chi connectivity index (χ2v) is 5.09. The van der Waals surface area contributed by atoms with E-state index in [9.17, 15) is 0 Å². The van der Waals surface area contributed by atoms with Gasteiger partial charge in [0.1, 0.15) is 0 Å². The summed E-state index contributed by atoms with van der Waals surface area (Å²) >= 11 is 0. The predicted octanol–water partition coefficient (Wildman–Crippen LogP) is -2.17. The van der Waals surface area contributed by atoms with Gasteiger partial charge in [-0.15, -0.1) is 6.92 Å². The molecule has 1 radical (unpaired) electrons. The molecule has 0 fully saturated rings. The van der Waals surface area contributed by atoms with Gasteiger partial charge in [0.25, 0.3) is 0 Å². The Kier molecular flexibility index (Phi) is 31.2. The van der Waals surface area contributed by atoms with E-state index >= 15 is 0 Å². The topological polar surface area (TPSA) is 40.9 Å². The van der Waals surface area contributed by atoms with Crippen molar-refractivity contribution in [1.82, 2.24) is 0 Å². The minimum absolute atomic E-state index is 0. The molecular weight excluding hydrogens is 376 g/mol. The Morgan fingerprint density at radius 2 is 1.47 bits per heavy atom. The number of allylic oxidation sites excluding steroid dienone is 4.